The normalized spacial score (nSPS) is 10.6. The number of hydrogen-bond donors (Lipinski definition) is 0. The van der Waals surface area contributed by atoms with E-state index >= 15 is 0 Å². The summed E-state index contributed by atoms with van der Waals surface area (Å²) in [7, 11) is 0. The van der Waals surface area contributed by atoms with Gasteiger partial charge in [0, 0.05) is 17.3 Å². The SMILES string of the molecule is Cc1ccc(-n2cc(C#N)c3ccccc32)cc1F. The van der Waals surface area contributed by atoms with Crippen molar-refractivity contribution >= 4 is 10.9 Å². The second-order valence-corrected chi connectivity index (χ2v) is 4.48. The monoisotopic (exact) mass is 250 g/mol. The Labute approximate surface area is 110 Å². The van der Waals surface area contributed by atoms with Crippen molar-refractivity contribution in [2.45, 2.75) is 6.92 Å². The largest absolute Gasteiger partial charge is 0.315 e. The van der Waals surface area contributed by atoms with Crippen molar-refractivity contribution in [1.29, 1.82) is 5.26 Å². The molecule has 2 aromatic carbocycles. The van der Waals surface area contributed by atoms with E-state index in [0.717, 1.165) is 16.6 Å². The lowest BCUT2D eigenvalue weighted by Gasteiger charge is -2.06. The van der Waals surface area contributed by atoms with Crippen molar-refractivity contribution in [3.8, 4) is 11.8 Å². The van der Waals surface area contributed by atoms with Gasteiger partial charge in [-0.25, -0.2) is 4.39 Å². The van der Waals surface area contributed by atoms with E-state index in [-0.39, 0.29) is 5.82 Å². The number of hydrogen-bond acceptors (Lipinski definition) is 1. The molecule has 0 N–H and O–H groups in total. The number of nitriles is 1. The van der Waals surface area contributed by atoms with Gasteiger partial charge in [0.05, 0.1) is 11.1 Å². The molecule has 0 bridgehead atoms. The Morgan fingerprint density at radius 3 is 2.68 bits per heavy atom. The molecular formula is C16H11FN2. The molecule has 0 unspecified atom stereocenters. The standard InChI is InChI=1S/C16H11FN2/c1-11-6-7-13(8-15(11)17)19-10-12(9-18)14-4-2-3-5-16(14)19/h2-8,10H,1H3. The molecule has 3 aromatic rings. The second kappa shape index (κ2) is 4.25. The number of rotatable bonds is 1. The Bertz CT molecular complexity index is 809. The average Bonchev–Trinajstić information content (AvgIpc) is 2.81. The molecule has 92 valence electrons. The van der Waals surface area contributed by atoms with E-state index in [1.807, 2.05) is 34.9 Å². The molecule has 0 saturated heterocycles. The van der Waals surface area contributed by atoms with Crippen LogP contribution in [0.25, 0.3) is 16.6 Å². The lowest BCUT2D eigenvalue weighted by atomic mass is 10.2. The lowest BCUT2D eigenvalue weighted by molar-refractivity contribution is 0.617. The number of aromatic nitrogens is 1. The van der Waals surface area contributed by atoms with Gasteiger partial charge in [0.15, 0.2) is 0 Å². The summed E-state index contributed by atoms with van der Waals surface area (Å²) in [6.45, 7) is 1.73. The minimum atomic E-state index is -0.242. The Morgan fingerprint density at radius 2 is 1.95 bits per heavy atom. The molecule has 0 aliphatic heterocycles. The van der Waals surface area contributed by atoms with Crippen molar-refractivity contribution in [2.24, 2.45) is 0 Å². The first-order chi connectivity index (χ1) is 9.20. The van der Waals surface area contributed by atoms with Gasteiger partial charge < -0.3 is 4.57 Å². The van der Waals surface area contributed by atoms with E-state index in [1.165, 1.54) is 6.07 Å². The van der Waals surface area contributed by atoms with Crippen molar-refractivity contribution in [1.82, 2.24) is 4.57 Å². The summed E-state index contributed by atoms with van der Waals surface area (Å²) in [6, 6.07) is 14.9. The van der Waals surface area contributed by atoms with Gasteiger partial charge in [0.25, 0.3) is 0 Å². The third kappa shape index (κ3) is 1.78. The average molecular weight is 250 g/mol. The van der Waals surface area contributed by atoms with E-state index < -0.39 is 0 Å². The zero-order valence-electron chi connectivity index (χ0n) is 10.4. The molecular weight excluding hydrogens is 239 g/mol. The van der Waals surface area contributed by atoms with Gasteiger partial charge in [-0.05, 0) is 30.7 Å². The fourth-order valence-electron chi connectivity index (χ4n) is 2.21. The number of halogens is 1. The number of para-hydroxylation sites is 1. The summed E-state index contributed by atoms with van der Waals surface area (Å²) in [4.78, 5) is 0. The molecule has 3 heteroatoms. The number of aryl methyl sites for hydroxylation is 1. The summed E-state index contributed by atoms with van der Waals surface area (Å²) >= 11 is 0. The first kappa shape index (κ1) is 11.5. The third-order valence-corrected chi connectivity index (χ3v) is 3.27. The van der Waals surface area contributed by atoms with Gasteiger partial charge in [-0.1, -0.05) is 24.3 Å². The highest BCUT2D eigenvalue weighted by Crippen LogP contribution is 2.25. The highest BCUT2D eigenvalue weighted by molar-refractivity contribution is 5.87. The van der Waals surface area contributed by atoms with Crippen molar-refractivity contribution in [3.63, 3.8) is 0 Å². The Kier molecular flexibility index (Phi) is 2.57. The fourth-order valence-corrected chi connectivity index (χ4v) is 2.21. The zero-order valence-corrected chi connectivity index (χ0v) is 10.4. The number of benzene rings is 2. The topological polar surface area (TPSA) is 28.7 Å². The predicted octanol–water partition coefficient (Wildman–Crippen LogP) is 3.95. The molecule has 0 aliphatic rings. The van der Waals surface area contributed by atoms with Crippen LogP contribution in [0, 0.1) is 24.1 Å². The number of nitrogens with zero attached hydrogens (tertiary/aromatic N) is 2. The van der Waals surface area contributed by atoms with E-state index in [9.17, 15) is 4.39 Å². The van der Waals surface area contributed by atoms with Gasteiger partial charge in [0.1, 0.15) is 11.9 Å². The molecule has 0 saturated carbocycles. The highest BCUT2D eigenvalue weighted by atomic mass is 19.1. The Balaban J connectivity index is 2.31. The van der Waals surface area contributed by atoms with Crippen LogP contribution in [0.5, 0.6) is 0 Å². The summed E-state index contributed by atoms with van der Waals surface area (Å²) < 4.78 is 15.5. The molecule has 0 atom stereocenters. The first-order valence-corrected chi connectivity index (χ1v) is 5.97. The molecule has 2 nitrogen and oxygen atoms in total. The van der Waals surface area contributed by atoms with Crippen LogP contribution in [0.3, 0.4) is 0 Å². The maximum absolute atomic E-state index is 13.7. The Morgan fingerprint density at radius 1 is 1.16 bits per heavy atom. The van der Waals surface area contributed by atoms with Crippen molar-refractivity contribution in [2.75, 3.05) is 0 Å². The highest BCUT2D eigenvalue weighted by Gasteiger charge is 2.09. The number of fused-ring (bicyclic) bond motifs is 1. The molecule has 1 heterocycles. The van der Waals surface area contributed by atoms with Crippen molar-refractivity contribution in [3.05, 3.63) is 65.6 Å². The van der Waals surface area contributed by atoms with Crippen LogP contribution in [0.15, 0.2) is 48.7 Å². The van der Waals surface area contributed by atoms with Crippen LogP contribution in [0.1, 0.15) is 11.1 Å². The first-order valence-electron chi connectivity index (χ1n) is 5.97. The quantitative estimate of drug-likeness (QED) is 0.642. The van der Waals surface area contributed by atoms with Gasteiger partial charge in [-0.2, -0.15) is 5.26 Å². The van der Waals surface area contributed by atoms with Crippen molar-refractivity contribution < 1.29 is 4.39 Å². The summed E-state index contributed by atoms with van der Waals surface area (Å²) in [5.74, 6) is -0.242. The van der Waals surface area contributed by atoms with Gasteiger partial charge in [-0.3, -0.25) is 0 Å². The minimum Gasteiger partial charge on any atom is -0.315 e. The van der Waals surface area contributed by atoms with Crippen LogP contribution >= 0.6 is 0 Å². The van der Waals surface area contributed by atoms with E-state index in [1.54, 1.807) is 19.2 Å². The molecule has 3 rings (SSSR count). The molecule has 19 heavy (non-hydrogen) atoms. The molecule has 0 fully saturated rings. The smallest absolute Gasteiger partial charge is 0.128 e. The molecule has 0 amide bonds. The second-order valence-electron chi connectivity index (χ2n) is 4.48. The molecule has 0 spiro atoms. The van der Waals surface area contributed by atoms with E-state index in [4.69, 9.17) is 5.26 Å². The fraction of sp³-hybridized carbons (Fsp3) is 0.0625. The van der Waals surface area contributed by atoms with Gasteiger partial charge in [-0.15, -0.1) is 0 Å². The minimum absolute atomic E-state index is 0.242. The zero-order chi connectivity index (χ0) is 13.4. The van der Waals surface area contributed by atoms with Crippen LogP contribution in [-0.2, 0) is 0 Å². The van der Waals surface area contributed by atoms with Crippen LogP contribution < -0.4 is 0 Å². The predicted molar refractivity (Wildman–Crippen MR) is 72.7 cm³/mol. The van der Waals surface area contributed by atoms with Crippen LogP contribution in [-0.4, -0.2) is 4.57 Å². The maximum Gasteiger partial charge on any atom is 0.128 e. The lowest BCUT2D eigenvalue weighted by Crippen LogP contribution is -1.93. The Hall–Kier alpha value is -2.60. The summed E-state index contributed by atoms with van der Waals surface area (Å²) in [5.41, 5.74) is 2.83. The molecule has 0 aliphatic carbocycles. The van der Waals surface area contributed by atoms with Crippen LogP contribution in [0.2, 0.25) is 0 Å². The molecule has 0 radical (unpaired) electrons. The maximum atomic E-state index is 13.7. The van der Waals surface area contributed by atoms with E-state index in [0.29, 0.717) is 11.1 Å². The third-order valence-electron chi connectivity index (χ3n) is 3.27. The summed E-state index contributed by atoms with van der Waals surface area (Å²) in [5, 5.41) is 10.0. The molecule has 1 aromatic heterocycles. The summed E-state index contributed by atoms with van der Waals surface area (Å²) in [6.07, 6.45) is 1.74. The van der Waals surface area contributed by atoms with Gasteiger partial charge >= 0.3 is 0 Å². The van der Waals surface area contributed by atoms with Gasteiger partial charge in [0.2, 0.25) is 0 Å². The van der Waals surface area contributed by atoms with Crippen LogP contribution in [0.4, 0.5) is 4.39 Å². The van der Waals surface area contributed by atoms with E-state index in [2.05, 4.69) is 6.07 Å².